The van der Waals surface area contributed by atoms with E-state index in [1.807, 2.05) is 0 Å². The van der Waals surface area contributed by atoms with Crippen LogP contribution >= 0.6 is 24.8 Å². The summed E-state index contributed by atoms with van der Waals surface area (Å²) in [5.41, 5.74) is 0. The highest BCUT2D eigenvalue weighted by Gasteiger charge is 2.21. The minimum atomic E-state index is -0.412. The van der Waals surface area contributed by atoms with Crippen LogP contribution in [0.4, 0.5) is 0 Å². The monoisotopic (exact) mass is 421 g/mol. The van der Waals surface area contributed by atoms with E-state index in [2.05, 4.69) is 15.7 Å². The van der Waals surface area contributed by atoms with Crippen molar-refractivity contribution in [1.82, 2.24) is 25.3 Å². The van der Waals surface area contributed by atoms with E-state index < -0.39 is 6.04 Å². The molecule has 0 radical (unpaired) electrons. The summed E-state index contributed by atoms with van der Waals surface area (Å²) in [6, 6.07) is 1.95. The van der Waals surface area contributed by atoms with E-state index in [1.165, 1.54) is 43.4 Å². The van der Waals surface area contributed by atoms with Gasteiger partial charge < -0.3 is 15.5 Å². The molecule has 2 amide bonds. The fourth-order valence-electron chi connectivity index (χ4n) is 3.25. The number of halogens is 2. The second kappa shape index (κ2) is 13.8. The summed E-state index contributed by atoms with van der Waals surface area (Å²) in [6.45, 7) is 3.21. The topological polar surface area (TPSA) is 79.3 Å². The van der Waals surface area contributed by atoms with E-state index in [-0.39, 0.29) is 43.2 Å². The van der Waals surface area contributed by atoms with Gasteiger partial charge in [-0.3, -0.25) is 14.3 Å². The Balaban J connectivity index is 0.00000338. The van der Waals surface area contributed by atoms with Gasteiger partial charge in [-0.1, -0.05) is 25.7 Å². The summed E-state index contributed by atoms with van der Waals surface area (Å²) in [7, 11) is 1.64. The second-order valence-electron chi connectivity index (χ2n) is 6.85. The standard InChI is InChI=1S/C18H31N5O2.2ClH/c1-15(23-13-7-10-21-23)18(25)22(2)14-17(24)20-12-11-19-16-8-5-3-4-6-9-16;;/h7,10,13,15-16,19H,3-6,8-9,11-12,14H2,1-2H3,(H,20,24);2*1H. The second-order valence-corrected chi connectivity index (χ2v) is 6.85. The molecule has 1 heterocycles. The van der Waals surface area contributed by atoms with Crippen LogP contribution < -0.4 is 10.6 Å². The lowest BCUT2D eigenvalue weighted by Crippen LogP contribution is -2.43. The molecule has 27 heavy (non-hydrogen) atoms. The number of nitrogens with zero attached hydrogens (tertiary/aromatic N) is 3. The first-order valence-electron chi connectivity index (χ1n) is 9.32. The van der Waals surface area contributed by atoms with Crippen LogP contribution in [0.15, 0.2) is 18.5 Å². The maximum Gasteiger partial charge on any atom is 0.247 e. The zero-order chi connectivity index (χ0) is 18.1. The molecular weight excluding hydrogens is 389 g/mol. The Morgan fingerprint density at radius 3 is 2.44 bits per heavy atom. The van der Waals surface area contributed by atoms with Crippen LogP contribution in [0.2, 0.25) is 0 Å². The maximum absolute atomic E-state index is 12.3. The summed E-state index contributed by atoms with van der Waals surface area (Å²) in [5, 5.41) is 10.5. The summed E-state index contributed by atoms with van der Waals surface area (Å²) in [4.78, 5) is 25.8. The van der Waals surface area contributed by atoms with E-state index in [0.29, 0.717) is 12.6 Å². The molecule has 0 aliphatic heterocycles. The molecule has 7 nitrogen and oxygen atoms in total. The molecule has 1 fully saturated rings. The molecule has 2 rings (SSSR count). The van der Waals surface area contributed by atoms with E-state index in [0.717, 1.165) is 6.54 Å². The van der Waals surface area contributed by atoms with Gasteiger partial charge in [0.15, 0.2) is 0 Å². The van der Waals surface area contributed by atoms with Crippen molar-refractivity contribution in [2.75, 3.05) is 26.7 Å². The van der Waals surface area contributed by atoms with E-state index in [1.54, 1.807) is 37.1 Å². The lowest BCUT2D eigenvalue weighted by atomic mass is 10.1. The van der Waals surface area contributed by atoms with Crippen LogP contribution in [0.1, 0.15) is 51.5 Å². The fraction of sp³-hybridized carbons (Fsp3) is 0.722. The number of hydrogen-bond acceptors (Lipinski definition) is 4. The van der Waals surface area contributed by atoms with Gasteiger partial charge in [0.1, 0.15) is 6.04 Å². The van der Waals surface area contributed by atoms with Gasteiger partial charge in [-0.25, -0.2) is 0 Å². The molecule has 1 saturated carbocycles. The van der Waals surface area contributed by atoms with Crippen molar-refractivity contribution in [2.45, 2.75) is 57.5 Å². The minimum absolute atomic E-state index is 0. The molecular formula is C18H33Cl2N5O2. The summed E-state index contributed by atoms with van der Waals surface area (Å²) in [6.07, 6.45) is 11.1. The summed E-state index contributed by atoms with van der Waals surface area (Å²) < 4.78 is 1.59. The van der Waals surface area contributed by atoms with Crippen LogP contribution in [0.5, 0.6) is 0 Å². The fourth-order valence-corrected chi connectivity index (χ4v) is 3.25. The Hall–Kier alpha value is -1.31. The number of hydrogen-bond donors (Lipinski definition) is 2. The third-order valence-electron chi connectivity index (χ3n) is 4.77. The Morgan fingerprint density at radius 2 is 1.85 bits per heavy atom. The first-order valence-corrected chi connectivity index (χ1v) is 9.32. The molecule has 1 unspecified atom stereocenters. The number of nitrogens with one attached hydrogen (secondary N) is 2. The highest BCUT2D eigenvalue weighted by Crippen LogP contribution is 2.16. The van der Waals surface area contributed by atoms with Crippen LogP contribution in [0.25, 0.3) is 0 Å². The zero-order valence-electron chi connectivity index (χ0n) is 16.2. The zero-order valence-corrected chi connectivity index (χ0v) is 17.9. The van der Waals surface area contributed by atoms with Gasteiger partial charge in [0, 0.05) is 38.6 Å². The largest absolute Gasteiger partial charge is 0.353 e. The molecule has 1 aliphatic rings. The first-order chi connectivity index (χ1) is 12.1. The van der Waals surface area contributed by atoms with Crippen LogP contribution in [0, 0.1) is 0 Å². The molecule has 0 spiro atoms. The predicted octanol–water partition coefficient (Wildman–Crippen LogP) is 2.17. The van der Waals surface area contributed by atoms with Gasteiger partial charge in [-0.2, -0.15) is 5.10 Å². The number of carbonyl (C=O) groups is 2. The van der Waals surface area contributed by atoms with Gasteiger partial charge in [0.2, 0.25) is 11.8 Å². The molecule has 0 aromatic carbocycles. The third kappa shape index (κ3) is 8.95. The Kier molecular flexibility index (Phi) is 13.1. The van der Waals surface area contributed by atoms with Crippen LogP contribution in [-0.4, -0.2) is 59.2 Å². The number of likely N-dealkylation sites (N-methyl/N-ethyl adjacent to an activating group) is 1. The molecule has 0 bridgehead atoms. The van der Waals surface area contributed by atoms with Crippen molar-refractivity contribution in [2.24, 2.45) is 0 Å². The Labute approximate surface area is 174 Å². The van der Waals surface area contributed by atoms with E-state index >= 15 is 0 Å². The van der Waals surface area contributed by atoms with Crippen molar-refractivity contribution >= 4 is 36.6 Å². The Bertz CT molecular complexity index is 534. The maximum atomic E-state index is 12.3. The normalized spacial score (nSPS) is 15.6. The van der Waals surface area contributed by atoms with E-state index in [9.17, 15) is 9.59 Å². The van der Waals surface area contributed by atoms with Crippen molar-refractivity contribution < 1.29 is 9.59 Å². The predicted molar refractivity (Wildman–Crippen MR) is 112 cm³/mol. The van der Waals surface area contributed by atoms with E-state index in [4.69, 9.17) is 0 Å². The molecule has 1 atom stereocenters. The molecule has 1 aliphatic carbocycles. The highest BCUT2D eigenvalue weighted by atomic mass is 35.5. The Morgan fingerprint density at radius 1 is 1.19 bits per heavy atom. The molecule has 2 N–H and O–H groups in total. The smallest absolute Gasteiger partial charge is 0.247 e. The molecule has 0 saturated heterocycles. The van der Waals surface area contributed by atoms with Gasteiger partial charge >= 0.3 is 0 Å². The van der Waals surface area contributed by atoms with Gasteiger partial charge in [0.25, 0.3) is 0 Å². The molecule has 1 aromatic rings. The van der Waals surface area contributed by atoms with Crippen molar-refractivity contribution in [3.63, 3.8) is 0 Å². The van der Waals surface area contributed by atoms with Gasteiger partial charge in [-0.05, 0) is 25.8 Å². The summed E-state index contributed by atoms with van der Waals surface area (Å²) >= 11 is 0. The van der Waals surface area contributed by atoms with Gasteiger partial charge in [0.05, 0.1) is 6.54 Å². The van der Waals surface area contributed by atoms with Crippen LogP contribution in [-0.2, 0) is 9.59 Å². The molecule has 1 aromatic heterocycles. The number of carbonyl (C=O) groups excluding carboxylic acids is 2. The number of amides is 2. The highest BCUT2D eigenvalue weighted by molar-refractivity contribution is 5.86. The van der Waals surface area contributed by atoms with Crippen molar-refractivity contribution in [3.8, 4) is 0 Å². The average Bonchev–Trinajstić information content (AvgIpc) is 3.02. The minimum Gasteiger partial charge on any atom is -0.353 e. The average molecular weight is 422 g/mol. The molecule has 9 heteroatoms. The summed E-state index contributed by atoms with van der Waals surface area (Å²) in [5.74, 6) is -0.262. The quantitative estimate of drug-likeness (QED) is 0.497. The van der Waals surface area contributed by atoms with Crippen LogP contribution in [0.3, 0.4) is 0 Å². The first kappa shape index (κ1) is 25.7. The number of rotatable bonds is 8. The lowest BCUT2D eigenvalue weighted by Gasteiger charge is -2.21. The SMILES string of the molecule is CC(C(=O)N(C)CC(=O)NCCNC1CCCCCC1)n1cccn1.Cl.Cl. The molecule has 156 valence electrons. The lowest BCUT2D eigenvalue weighted by molar-refractivity contribution is -0.137. The number of aromatic nitrogens is 2. The third-order valence-corrected chi connectivity index (χ3v) is 4.77. The van der Waals surface area contributed by atoms with Gasteiger partial charge in [-0.15, -0.1) is 24.8 Å². The van der Waals surface area contributed by atoms with Crippen molar-refractivity contribution in [3.05, 3.63) is 18.5 Å². The van der Waals surface area contributed by atoms with Crippen molar-refractivity contribution in [1.29, 1.82) is 0 Å².